The number of carbonyl (C=O) groups is 1. The number of hydrogen-bond acceptors (Lipinski definition) is 2. The number of rotatable bonds is 3. The third-order valence-corrected chi connectivity index (χ3v) is 4.75. The maximum absolute atomic E-state index is 14.0. The maximum Gasteiger partial charge on any atom is 1.00 e. The van der Waals surface area contributed by atoms with Crippen molar-refractivity contribution < 1.29 is 48.2 Å². The van der Waals surface area contributed by atoms with Crippen LogP contribution in [0, 0.1) is 18.6 Å². The Morgan fingerprint density at radius 2 is 1.59 bits per heavy atom. The molecular weight excluding hydrogens is 383 g/mol. The van der Waals surface area contributed by atoms with E-state index in [0.29, 0.717) is 33.5 Å². The molecule has 4 aromatic rings. The number of hydrogen-bond donors (Lipinski definition) is 1. The number of benzene rings is 3. The normalized spacial score (nSPS) is 10.6. The number of pyridine rings is 1. The van der Waals surface area contributed by atoms with Gasteiger partial charge in [0.25, 0.3) is 0 Å². The van der Waals surface area contributed by atoms with Crippen LogP contribution >= 0.6 is 0 Å². The first-order chi connectivity index (χ1) is 13.5. The summed E-state index contributed by atoms with van der Waals surface area (Å²) in [5.74, 6) is -1.97. The van der Waals surface area contributed by atoms with Gasteiger partial charge in [-0.2, -0.15) is 0 Å². The summed E-state index contributed by atoms with van der Waals surface area (Å²) in [4.78, 5) is 16.4. The zero-order valence-electron chi connectivity index (χ0n) is 15.9. The van der Waals surface area contributed by atoms with E-state index in [-0.39, 0.29) is 46.3 Å². The summed E-state index contributed by atoms with van der Waals surface area (Å²) in [5, 5.41) is 9.92. The molecule has 4 rings (SSSR count). The standard InChI is InChI=1S/C23H15F2NO2.Na/c1-13-21(23(27)28)18-12-16(24)10-11-20(18)26-22(13)15-8-6-14(7-9-15)17-4-2-3-5-19(17)25;/h2-12H,1H3,(H,27,28);/q;+1. The fraction of sp³-hybridized carbons (Fsp3) is 0.0435. The summed E-state index contributed by atoms with van der Waals surface area (Å²) >= 11 is 0. The van der Waals surface area contributed by atoms with E-state index in [1.54, 1.807) is 49.4 Å². The van der Waals surface area contributed by atoms with Crippen molar-refractivity contribution in [3.63, 3.8) is 0 Å². The second-order valence-electron chi connectivity index (χ2n) is 6.48. The van der Waals surface area contributed by atoms with Gasteiger partial charge in [0.05, 0.1) is 16.8 Å². The van der Waals surface area contributed by atoms with Crippen molar-refractivity contribution in [3.8, 4) is 22.4 Å². The molecule has 29 heavy (non-hydrogen) atoms. The monoisotopic (exact) mass is 398 g/mol. The van der Waals surface area contributed by atoms with E-state index >= 15 is 0 Å². The molecular formula is C23H15F2NNaO2+. The third kappa shape index (κ3) is 3.94. The first kappa shape index (κ1) is 21.1. The van der Waals surface area contributed by atoms with Crippen molar-refractivity contribution in [2.75, 3.05) is 0 Å². The van der Waals surface area contributed by atoms with Crippen LogP contribution in [0.1, 0.15) is 15.9 Å². The number of carboxylic acids is 1. The predicted molar refractivity (Wildman–Crippen MR) is 104 cm³/mol. The number of halogens is 2. The van der Waals surface area contributed by atoms with Crippen LogP contribution in [0.5, 0.6) is 0 Å². The Balaban J connectivity index is 0.00000240. The molecule has 3 aromatic carbocycles. The minimum absolute atomic E-state index is 0. The minimum atomic E-state index is -1.14. The van der Waals surface area contributed by atoms with E-state index < -0.39 is 11.8 Å². The van der Waals surface area contributed by atoms with Gasteiger partial charge in [-0.1, -0.05) is 42.5 Å². The smallest absolute Gasteiger partial charge is 0.478 e. The Hall–Kier alpha value is -2.60. The van der Waals surface area contributed by atoms with E-state index in [4.69, 9.17) is 0 Å². The molecule has 0 fully saturated rings. The number of aromatic nitrogens is 1. The van der Waals surface area contributed by atoms with Crippen LogP contribution in [-0.4, -0.2) is 16.1 Å². The molecule has 3 nitrogen and oxygen atoms in total. The Labute approximate surface area is 188 Å². The van der Waals surface area contributed by atoms with Gasteiger partial charge in [-0.15, -0.1) is 0 Å². The van der Waals surface area contributed by atoms with E-state index in [1.165, 1.54) is 24.3 Å². The molecule has 1 aromatic heterocycles. The molecule has 6 heteroatoms. The Bertz CT molecular complexity index is 1220. The SMILES string of the molecule is Cc1c(-c2ccc(-c3ccccc3F)cc2)nc2ccc(F)cc2c1C(=O)O.[Na+]. The first-order valence-corrected chi connectivity index (χ1v) is 8.64. The molecule has 1 heterocycles. The van der Waals surface area contributed by atoms with Crippen LogP contribution in [0.25, 0.3) is 33.3 Å². The fourth-order valence-corrected chi connectivity index (χ4v) is 3.39. The van der Waals surface area contributed by atoms with Crippen LogP contribution in [0.15, 0.2) is 66.7 Å². The van der Waals surface area contributed by atoms with Crippen molar-refractivity contribution in [2.24, 2.45) is 0 Å². The van der Waals surface area contributed by atoms with Crippen LogP contribution < -0.4 is 29.6 Å². The summed E-state index contributed by atoms with van der Waals surface area (Å²) in [5.41, 5.74) is 3.27. The average molecular weight is 398 g/mol. The van der Waals surface area contributed by atoms with Crippen molar-refractivity contribution in [1.82, 2.24) is 4.98 Å². The largest absolute Gasteiger partial charge is 1.00 e. The molecule has 0 atom stereocenters. The average Bonchev–Trinajstić information content (AvgIpc) is 2.68. The predicted octanol–water partition coefficient (Wildman–Crippen LogP) is 2.86. The Kier molecular flexibility index (Phi) is 6.13. The number of aromatic carboxylic acids is 1. The molecule has 138 valence electrons. The van der Waals surface area contributed by atoms with Gasteiger partial charge in [0.1, 0.15) is 11.6 Å². The van der Waals surface area contributed by atoms with Gasteiger partial charge in [0, 0.05) is 16.5 Å². The van der Waals surface area contributed by atoms with E-state index in [9.17, 15) is 18.7 Å². The number of fused-ring (bicyclic) bond motifs is 1. The molecule has 0 saturated carbocycles. The van der Waals surface area contributed by atoms with Crippen LogP contribution in [-0.2, 0) is 0 Å². The molecule has 0 spiro atoms. The van der Waals surface area contributed by atoms with E-state index in [2.05, 4.69) is 4.98 Å². The van der Waals surface area contributed by atoms with Gasteiger partial charge in [0.15, 0.2) is 0 Å². The second kappa shape index (κ2) is 8.41. The molecule has 0 saturated heterocycles. The summed E-state index contributed by atoms with van der Waals surface area (Å²) in [7, 11) is 0. The molecule has 0 aliphatic carbocycles. The summed E-state index contributed by atoms with van der Waals surface area (Å²) in [6, 6.07) is 17.5. The number of carboxylic acid groups (broad SMARTS) is 1. The van der Waals surface area contributed by atoms with Crippen LogP contribution in [0.3, 0.4) is 0 Å². The molecule has 0 aliphatic rings. The van der Waals surface area contributed by atoms with Gasteiger partial charge in [-0.3, -0.25) is 0 Å². The minimum Gasteiger partial charge on any atom is -0.478 e. The molecule has 0 radical (unpaired) electrons. The van der Waals surface area contributed by atoms with Crippen molar-refractivity contribution in [3.05, 3.63) is 89.5 Å². The van der Waals surface area contributed by atoms with E-state index in [1.807, 2.05) is 0 Å². The van der Waals surface area contributed by atoms with E-state index in [0.717, 1.165) is 0 Å². The maximum atomic E-state index is 14.0. The van der Waals surface area contributed by atoms with Gasteiger partial charge in [-0.05, 0) is 42.3 Å². The molecule has 0 bridgehead atoms. The fourth-order valence-electron chi connectivity index (χ4n) is 3.39. The van der Waals surface area contributed by atoms with Crippen molar-refractivity contribution in [1.29, 1.82) is 0 Å². The first-order valence-electron chi connectivity index (χ1n) is 8.64. The Morgan fingerprint density at radius 1 is 0.931 bits per heavy atom. The molecule has 1 N–H and O–H groups in total. The molecule has 0 unspecified atom stereocenters. The van der Waals surface area contributed by atoms with Gasteiger partial charge in [0.2, 0.25) is 0 Å². The summed E-state index contributed by atoms with van der Waals surface area (Å²) in [6.07, 6.45) is 0. The second-order valence-corrected chi connectivity index (χ2v) is 6.48. The van der Waals surface area contributed by atoms with Crippen LogP contribution in [0.2, 0.25) is 0 Å². The topological polar surface area (TPSA) is 50.2 Å². The quantitative estimate of drug-likeness (QED) is 0.540. The zero-order chi connectivity index (χ0) is 19.8. The molecule has 0 aliphatic heterocycles. The summed E-state index contributed by atoms with van der Waals surface area (Å²) in [6.45, 7) is 1.65. The van der Waals surface area contributed by atoms with Crippen LogP contribution in [0.4, 0.5) is 8.78 Å². The Morgan fingerprint density at radius 3 is 2.24 bits per heavy atom. The van der Waals surface area contributed by atoms with Crippen molar-refractivity contribution in [2.45, 2.75) is 6.92 Å². The number of nitrogens with zero attached hydrogens (tertiary/aromatic N) is 1. The third-order valence-electron chi connectivity index (χ3n) is 4.75. The summed E-state index contributed by atoms with van der Waals surface area (Å²) < 4.78 is 27.6. The van der Waals surface area contributed by atoms with Crippen molar-refractivity contribution >= 4 is 16.9 Å². The zero-order valence-corrected chi connectivity index (χ0v) is 17.9. The van der Waals surface area contributed by atoms with Gasteiger partial charge in [-0.25, -0.2) is 18.6 Å². The van der Waals surface area contributed by atoms with Gasteiger partial charge < -0.3 is 5.11 Å². The van der Waals surface area contributed by atoms with Gasteiger partial charge >= 0.3 is 35.5 Å². The molecule has 0 amide bonds.